The van der Waals surface area contributed by atoms with Crippen molar-refractivity contribution in [2.45, 2.75) is 6.42 Å². The van der Waals surface area contributed by atoms with Gasteiger partial charge >= 0.3 is 5.97 Å². The van der Waals surface area contributed by atoms with Crippen LogP contribution in [0.3, 0.4) is 0 Å². The highest BCUT2D eigenvalue weighted by atomic mass is 32.2. The summed E-state index contributed by atoms with van der Waals surface area (Å²) in [5.41, 5.74) is 3.94. The molecule has 0 bridgehead atoms. The molecule has 4 rings (SSSR count). The van der Waals surface area contributed by atoms with Crippen molar-refractivity contribution in [3.8, 4) is 11.1 Å². The molecule has 1 saturated heterocycles. The van der Waals surface area contributed by atoms with E-state index in [4.69, 9.17) is 5.11 Å². The fourth-order valence-electron chi connectivity index (χ4n) is 2.78. The summed E-state index contributed by atoms with van der Waals surface area (Å²) in [6.45, 7) is 0. The molecule has 30 heavy (non-hydrogen) atoms. The predicted octanol–water partition coefficient (Wildman–Crippen LogP) is 4.99. The lowest BCUT2D eigenvalue weighted by atomic mass is 10.0. The molecule has 1 fully saturated rings. The number of rotatable bonds is 4. The lowest BCUT2D eigenvalue weighted by Crippen LogP contribution is -2.17. The van der Waals surface area contributed by atoms with Crippen LogP contribution in [0.15, 0.2) is 89.8 Å². The van der Waals surface area contributed by atoms with Crippen molar-refractivity contribution in [3.05, 3.63) is 101 Å². The van der Waals surface area contributed by atoms with Crippen molar-refractivity contribution in [2.75, 3.05) is 0 Å². The van der Waals surface area contributed by atoms with Crippen LogP contribution in [0.2, 0.25) is 0 Å². The minimum absolute atomic E-state index is 0.112. The molecule has 0 aliphatic carbocycles. The predicted molar refractivity (Wildman–Crippen MR) is 119 cm³/mol. The molecule has 6 heteroatoms. The van der Waals surface area contributed by atoms with Gasteiger partial charge in [-0.3, -0.25) is 19.7 Å². The van der Waals surface area contributed by atoms with E-state index in [2.05, 4.69) is 5.32 Å². The number of carbonyl (C=O) groups is 3. The van der Waals surface area contributed by atoms with Gasteiger partial charge < -0.3 is 5.11 Å². The van der Waals surface area contributed by atoms with E-state index in [1.54, 1.807) is 18.2 Å². The van der Waals surface area contributed by atoms with Gasteiger partial charge in [0.05, 0.1) is 11.3 Å². The zero-order chi connectivity index (χ0) is 21.3. The van der Waals surface area contributed by atoms with E-state index in [1.165, 1.54) is 0 Å². The van der Waals surface area contributed by atoms with Crippen LogP contribution < -0.4 is 5.32 Å². The third-order valence-corrected chi connectivity index (χ3v) is 4.94. The standard InChI is InChI=1S/C16H11NO2S.C8H8O2/c18-15-14(20-16(19)17-15)10-11-5-4-8-13(9-11)12-6-2-1-3-7-12;9-8(10)6-7-4-2-1-3-5-7/h1-10H,(H,17,18,19);1-5H,6H2,(H,9,10). The topological polar surface area (TPSA) is 83.5 Å². The number of carboxylic acids is 1. The maximum atomic E-state index is 11.5. The van der Waals surface area contributed by atoms with Gasteiger partial charge in [0.15, 0.2) is 0 Å². The summed E-state index contributed by atoms with van der Waals surface area (Å²) >= 11 is 0.932. The zero-order valence-corrected chi connectivity index (χ0v) is 16.8. The Bertz CT molecular complexity index is 1080. The smallest absolute Gasteiger partial charge is 0.307 e. The third kappa shape index (κ3) is 6.18. The van der Waals surface area contributed by atoms with E-state index >= 15 is 0 Å². The quantitative estimate of drug-likeness (QED) is 0.584. The van der Waals surface area contributed by atoms with Gasteiger partial charge in [0, 0.05) is 0 Å². The number of amides is 2. The minimum atomic E-state index is -0.786. The first-order valence-corrected chi connectivity index (χ1v) is 9.99. The summed E-state index contributed by atoms with van der Waals surface area (Å²) in [5, 5.41) is 10.3. The number of aliphatic carboxylic acids is 1. The molecule has 0 spiro atoms. The third-order valence-electron chi connectivity index (χ3n) is 4.13. The molecule has 1 heterocycles. The van der Waals surface area contributed by atoms with Crippen molar-refractivity contribution < 1.29 is 19.5 Å². The minimum Gasteiger partial charge on any atom is -0.481 e. The molecule has 0 atom stereocenters. The Morgan fingerprint density at radius 1 is 0.867 bits per heavy atom. The Kier molecular flexibility index (Phi) is 7.19. The molecule has 0 aromatic heterocycles. The maximum absolute atomic E-state index is 11.5. The number of thioether (sulfide) groups is 1. The Hall–Kier alpha value is -3.64. The van der Waals surface area contributed by atoms with E-state index in [0.717, 1.165) is 34.0 Å². The highest BCUT2D eigenvalue weighted by molar-refractivity contribution is 8.18. The van der Waals surface area contributed by atoms with Gasteiger partial charge in [-0.2, -0.15) is 0 Å². The van der Waals surface area contributed by atoms with Gasteiger partial charge in [-0.15, -0.1) is 0 Å². The maximum Gasteiger partial charge on any atom is 0.307 e. The van der Waals surface area contributed by atoms with E-state index in [-0.39, 0.29) is 17.6 Å². The Morgan fingerprint density at radius 3 is 2.10 bits per heavy atom. The number of hydrogen-bond donors (Lipinski definition) is 2. The van der Waals surface area contributed by atoms with E-state index < -0.39 is 5.97 Å². The van der Waals surface area contributed by atoms with Crippen LogP contribution in [0.4, 0.5) is 4.79 Å². The van der Waals surface area contributed by atoms with E-state index in [9.17, 15) is 14.4 Å². The lowest BCUT2D eigenvalue weighted by molar-refractivity contribution is -0.136. The van der Waals surface area contributed by atoms with Crippen LogP contribution in [0.1, 0.15) is 11.1 Å². The van der Waals surface area contributed by atoms with E-state index in [1.807, 2.05) is 72.8 Å². The number of carboxylic acid groups (broad SMARTS) is 1. The van der Waals surface area contributed by atoms with Crippen LogP contribution in [0.25, 0.3) is 17.2 Å². The second-order valence-electron chi connectivity index (χ2n) is 6.40. The normalized spacial score (nSPS) is 14.1. The molecule has 3 aromatic rings. The summed E-state index contributed by atoms with van der Waals surface area (Å²) in [6.07, 6.45) is 1.85. The molecule has 3 aromatic carbocycles. The second-order valence-corrected chi connectivity index (χ2v) is 7.41. The molecule has 1 aliphatic rings. The number of benzene rings is 3. The Balaban J connectivity index is 0.000000216. The average molecular weight is 417 g/mol. The van der Waals surface area contributed by atoms with Gasteiger partial charge in [0.1, 0.15) is 0 Å². The van der Waals surface area contributed by atoms with Gasteiger partial charge in [0.25, 0.3) is 11.1 Å². The second kappa shape index (κ2) is 10.2. The van der Waals surface area contributed by atoms with Crippen molar-refractivity contribution in [2.24, 2.45) is 0 Å². The number of carbonyl (C=O) groups excluding carboxylic acids is 2. The first kappa shape index (κ1) is 21.1. The highest BCUT2D eigenvalue weighted by Gasteiger charge is 2.24. The van der Waals surface area contributed by atoms with Gasteiger partial charge in [0.2, 0.25) is 0 Å². The number of imide groups is 1. The molecule has 0 radical (unpaired) electrons. The Labute approximate surface area is 178 Å². The van der Waals surface area contributed by atoms with Gasteiger partial charge in [-0.25, -0.2) is 0 Å². The van der Waals surface area contributed by atoms with E-state index in [0.29, 0.717) is 4.91 Å². The van der Waals surface area contributed by atoms with Crippen LogP contribution >= 0.6 is 11.8 Å². The summed E-state index contributed by atoms with van der Waals surface area (Å²) < 4.78 is 0. The van der Waals surface area contributed by atoms with Crippen molar-refractivity contribution in [1.29, 1.82) is 0 Å². The molecular weight excluding hydrogens is 398 g/mol. The fourth-order valence-corrected chi connectivity index (χ4v) is 3.46. The summed E-state index contributed by atoms with van der Waals surface area (Å²) in [4.78, 5) is 33.3. The summed E-state index contributed by atoms with van der Waals surface area (Å²) in [6, 6.07) is 27.0. The molecule has 1 aliphatic heterocycles. The van der Waals surface area contributed by atoms with Gasteiger partial charge in [-0.1, -0.05) is 78.9 Å². The first-order valence-electron chi connectivity index (χ1n) is 9.17. The zero-order valence-electron chi connectivity index (χ0n) is 15.9. The summed E-state index contributed by atoms with van der Waals surface area (Å²) in [5.74, 6) is -1.11. The number of hydrogen-bond acceptors (Lipinski definition) is 4. The van der Waals surface area contributed by atoms with Crippen LogP contribution in [0.5, 0.6) is 0 Å². The highest BCUT2D eigenvalue weighted by Crippen LogP contribution is 2.27. The Morgan fingerprint density at radius 2 is 1.50 bits per heavy atom. The fraction of sp³-hybridized carbons (Fsp3) is 0.0417. The first-order chi connectivity index (χ1) is 14.5. The molecule has 2 amide bonds. The molecule has 2 N–H and O–H groups in total. The van der Waals surface area contributed by atoms with Crippen molar-refractivity contribution in [1.82, 2.24) is 5.32 Å². The molecule has 5 nitrogen and oxygen atoms in total. The largest absolute Gasteiger partial charge is 0.481 e. The van der Waals surface area contributed by atoms with Crippen LogP contribution in [-0.2, 0) is 16.0 Å². The number of nitrogens with one attached hydrogen (secondary N) is 1. The average Bonchev–Trinajstić information content (AvgIpc) is 3.06. The van der Waals surface area contributed by atoms with Crippen molar-refractivity contribution >= 4 is 35.0 Å². The molecular formula is C24H19NO4S. The van der Waals surface area contributed by atoms with Crippen molar-refractivity contribution in [3.63, 3.8) is 0 Å². The van der Waals surface area contributed by atoms with Crippen LogP contribution in [0, 0.1) is 0 Å². The monoisotopic (exact) mass is 417 g/mol. The summed E-state index contributed by atoms with van der Waals surface area (Å²) in [7, 11) is 0. The molecule has 0 unspecified atom stereocenters. The molecule has 150 valence electrons. The van der Waals surface area contributed by atoms with Crippen LogP contribution in [-0.4, -0.2) is 22.2 Å². The SMILES string of the molecule is O=C(O)Cc1ccccc1.O=C1NC(=O)C(=Cc2cccc(-c3ccccc3)c2)S1. The van der Waals surface area contributed by atoms with Gasteiger partial charge in [-0.05, 0) is 46.2 Å². The lowest BCUT2D eigenvalue weighted by Gasteiger charge is -2.03. The molecule has 0 saturated carbocycles.